The molecule has 2 aliphatic heterocycles. The summed E-state index contributed by atoms with van der Waals surface area (Å²) in [5.74, 6) is -5.98. The maximum Gasteiger partial charge on any atom is 0.283 e. The van der Waals surface area contributed by atoms with Crippen molar-refractivity contribution in [2.45, 2.75) is 43.9 Å². The first-order chi connectivity index (χ1) is 18.1. The third kappa shape index (κ3) is 5.11. The third-order valence-electron chi connectivity index (χ3n) is 7.38. The average molecular weight is 542 g/mol. The Labute approximate surface area is 216 Å². The monoisotopic (exact) mass is 541 g/mol. The van der Waals surface area contributed by atoms with Crippen molar-refractivity contribution in [3.63, 3.8) is 0 Å². The maximum absolute atomic E-state index is 15.6. The number of ether oxygens (including phenoxy) is 1. The van der Waals surface area contributed by atoms with E-state index in [9.17, 15) is 22.7 Å². The number of aliphatic hydroxyl groups is 1. The first-order valence-corrected chi connectivity index (χ1v) is 12.6. The lowest BCUT2D eigenvalue weighted by Gasteiger charge is -2.42. The molecule has 1 fully saturated rings. The van der Waals surface area contributed by atoms with E-state index in [0.717, 1.165) is 12.1 Å². The summed E-state index contributed by atoms with van der Waals surface area (Å²) in [7, 11) is 0. The van der Waals surface area contributed by atoms with Crippen molar-refractivity contribution in [3.05, 3.63) is 64.6 Å². The van der Waals surface area contributed by atoms with Crippen molar-refractivity contribution in [2.75, 3.05) is 39.5 Å². The number of rotatable bonds is 9. The van der Waals surface area contributed by atoms with Crippen LogP contribution >= 0.6 is 0 Å². The lowest BCUT2D eigenvalue weighted by Crippen LogP contribution is -2.53. The summed E-state index contributed by atoms with van der Waals surface area (Å²) in [5.41, 5.74) is 0.977. The van der Waals surface area contributed by atoms with Crippen LogP contribution < -0.4 is 4.74 Å². The fraction of sp³-hybridized carbons (Fsp3) is 0.481. The second kappa shape index (κ2) is 10.4. The molecular formula is C27H29F6N3O2. The Kier molecular flexibility index (Phi) is 7.36. The fourth-order valence-corrected chi connectivity index (χ4v) is 5.55. The van der Waals surface area contributed by atoms with Crippen molar-refractivity contribution in [3.8, 4) is 5.75 Å². The largest absolute Gasteiger partial charge is 0.488 e. The summed E-state index contributed by atoms with van der Waals surface area (Å²) in [6, 6.07) is 4.23. The number of H-pyrrole nitrogens is 1. The van der Waals surface area contributed by atoms with Crippen LogP contribution in [0.4, 0.5) is 26.3 Å². The molecule has 2 N–H and O–H groups in total. The number of aliphatic hydroxyl groups excluding tert-OH is 1. The smallest absolute Gasteiger partial charge is 0.283 e. The van der Waals surface area contributed by atoms with Gasteiger partial charge in [-0.25, -0.2) is 22.0 Å². The number of fused-ring (bicyclic) bond motifs is 3. The molecule has 5 rings (SSSR count). The van der Waals surface area contributed by atoms with Crippen LogP contribution in [-0.4, -0.2) is 77.4 Å². The molecule has 1 saturated heterocycles. The van der Waals surface area contributed by atoms with Gasteiger partial charge in [-0.3, -0.25) is 14.2 Å². The molecule has 0 amide bonds. The molecule has 0 saturated carbocycles. The quantitative estimate of drug-likeness (QED) is 0.376. The van der Waals surface area contributed by atoms with Gasteiger partial charge in [-0.05, 0) is 43.5 Å². The van der Waals surface area contributed by atoms with Crippen LogP contribution in [0.25, 0.3) is 10.9 Å². The predicted octanol–water partition coefficient (Wildman–Crippen LogP) is 4.97. The molecule has 0 unspecified atom stereocenters. The van der Waals surface area contributed by atoms with Crippen LogP contribution in [0, 0.1) is 17.5 Å². The van der Waals surface area contributed by atoms with Gasteiger partial charge in [0.25, 0.3) is 5.92 Å². The SMILES string of the molecule is C[C@H]1Cc2c([nH]c3ccc(F)cc23)[C@@H](c2c(F)cc(OC3CN(CCCF)C3)cc2F)N1CC(F)(F)CO. The molecule has 0 spiro atoms. The molecule has 5 nitrogen and oxygen atoms in total. The number of nitrogens with one attached hydrogen (secondary N) is 1. The Morgan fingerprint density at radius 2 is 1.82 bits per heavy atom. The van der Waals surface area contributed by atoms with E-state index >= 15 is 8.78 Å². The Morgan fingerprint density at radius 1 is 1.11 bits per heavy atom. The van der Waals surface area contributed by atoms with E-state index in [1.807, 2.05) is 4.90 Å². The third-order valence-corrected chi connectivity index (χ3v) is 7.38. The van der Waals surface area contributed by atoms with Crippen LogP contribution in [-0.2, 0) is 6.42 Å². The van der Waals surface area contributed by atoms with Crippen LogP contribution in [0.5, 0.6) is 5.75 Å². The maximum atomic E-state index is 15.6. The summed E-state index contributed by atoms with van der Waals surface area (Å²) in [4.78, 5) is 6.31. The minimum atomic E-state index is -3.52. The molecule has 11 heteroatoms. The molecule has 0 aliphatic carbocycles. The van der Waals surface area contributed by atoms with E-state index in [-0.39, 0.29) is 18.3 Å². The number of benzene rings is 2. The molecule has 0 bridgehead atoms. The minimum Gasteiger partial charge on any atom is -0.488 e. The summed E-state index contributed by atoms with van der Waals surface area (Å²) in [5, 5.41) is 9.74. The Hall–Kier alpha value is -2.76. The number of hydrogen-bond donors (Lipinski definition) is 2. The standard InChI is InChI=1S/C27H29F6N3O2/c1-15-7-20-19-8-16(29)3-4-23(19)34-25(20)26(36(15)13-27(32,33)14-37)24-21(30)9-17(10-22(24)31)38-18-11-35(12-18)6-2-5-28/h3-4,8-10,15,18,26,34,37H,2,5-7,11-14H2,1H3/t15-,26+/m0/s1. The van der Waals surface area contributed by atoms with Crippen LogP contribution in [0.2, 0.25) is 0 Å². The highest BCUT2D eigenvalue weighted by Crippen LogP contribution is 2.44. The molecule has 2 aromatic carbocycles. The molecule has 38 heavy (non-hydrogen) atoms. The average Bonchev–Trinajstić information content (AvgIpc) is 3.18. The first kappa shape index (κ1) is 26.8. The number of nitrogens with zero attached hydrogens (tertiary/aromatic N) is 2. The van der Waals surface area contributed by atoms with Gasteiger partial charge in [-0.1, -0.05) is 0 Å². The minimum absolute atomic E-state index is 0.0334. The summed E-state index contributed by atoms with van der Waals surface area (Å²) < 4.78 is 92.2. The van der Waals surface area contributed by atoms with Gasteiger partial charge in [0.05, 0.1) is 19.3 Å². The van der Waals surface area contributed by atoms with E-state index in [1.54, 1.807) is 6.92 Å². The van der Waals surface area contributed by atoms with Gasteiger partial charge in [0, 0.05) is 60.0 Å². The van der Waals surface area contributed by atoms with E-state index in [0.29, 0.717) is 48.2 Å². The van der Waals surface area contributed by atoms with Gasteiger partial charge in [-0.2, -0.15) is 0 Å². The second-order valence-corrected chi connectivity index (χ2v) is 10.2. The highest BCUT2D eigenvalue weighted by Gasteiger charge is 2.43. The van der Waals surface area contributed by atoms with Crippen molar-refractivity contribution < 1.29 is 36.2 Å². The van der Waals surface area contributed by atoms with E-state index in [2.05, 4.69) is 4.98 Å². The Bertz CT molecular complexity index is 1290. The molecule has 0 radical (unpaired) electrons. The molecular weight excluding hydrogens is 512 g/mol. The zero-order valence-electron chi connectivity index (χ0n) is 20.8. The van der Waals surface area contributed by atoms with E-state index in [1.165, 1.54) is 23.1 Å². The number of halogens is 6. The number of aromatic nitrogens is 1. The molecule has 3 aromatic rings. The first-order valence-electron chi connectivity index (χ1n) is 12.6. The molecule has 2 aliphatic rings. The number of likely N-dealkylation sites (tertiary alicyclic amines) is 1. The van der Waals surface area contributed by atoms with Gasteiger partial charge >= 0.3 is 0 Å². The molecule has 206 valence electrons. The highest BCUT2D eigenvalue weighted by atomic mass is 19.3. The van der Waals surface area contributed by atoms with Gasteiger partial charge in [0.2, 0.25) is 0 Å². The van der Waals surface area contributed by atoms with Crippen molar-refractivity contribution >= 4 is 10.9 Å². The van der Waals surface area contributed by atoms with Crippen LogP contribution in [0.1, 0.15) is 36.2 Å². The van der Waals surface area contributed by atoms with Crippen LogP contribution in [0.3, 0.4) is 0 Å². The fourth-order valence-electron chi connectivity index (χ4n) is 5.55. The van der Waals surface area contributed by atoms with E-state index in [4.69, 9.17) is 4.74 Å². The van der Waals surface area contributed by atoms with Gasteiger partial charge in [0.1, 0.15) is 35.9 Å². The Balaban J connectivity index is 1.52. The zero-order chi connectivity index (χ0) is 27.2. The second-order valence-electron chi connectivity index (χ2n) is 10.2. The highest BCUT2D eigenvalue weighted by molar-refractivity contribution is 5.85. The number of hydrogen-bond acceptors (Lipinski definition) is 4. The summed E-state index contributed by atoms with van der Waals surface area (Å²) >= 11 is 0. The number of aromatic amines is 1. The van der Waals surface area contributed by atoms with Crippen molar-refractivity contribution in [2.24, 2.45) is 0 Å². The van der Waals surface area contributed by atoms with Gasteiger partial charge < -0.3 is 14.8 Å². The molecule has 3 heterocycles. The van der Waals surface area contributed by atoms with Crippen molar-refractivity contribution in [1.82, 2.24) is 14.8 Å². The predicted molar refractivity (Wildman–Crippen MR) is 130 cm³/mol. The van der Waals surface area contributed by atoms with E-state index < -0.39 is 60.8 Å². The lowest BCUT2D eigenvalue weighted by molar-refractivity contribution is -0.0869. The van der Waals surface area contributed by atoms with Gasteiger partial charge in [-0.15, -0.1) is 0 Å². The van der Waals surface area contributed by atoms with Crippen LogP contribution in [0.15, 0.2) is 30.3 Å². The molecule has 2 atom stereocenters. The number of alkyl halides is 3. The normalized spacial score (nSPS) is 21.1. The zero-order valence-corrected chi connectivity index (χ0v) is 20.8. The van der Waals surface area contributed by atoms with Crippen molar-refractivity contribution in [1.29, 1.82) is 0 Å². The topological polar surface area (TPSA) is 51.7 Å². The summed E-state index contributed by atoms with van der Waals surface area (Å²) in [6.07, 6.45) is 0.337. The van der Waals surface area contributed by atoms with Gasteiger partial charge in [0.15, 0.2) is 0 Å². The molecule has 1 aromatic heterocycles. The summed E-state index contributed by atoms with van der Waals surface area (Å²) in [6.45, 7) is 0.451. The Morgan fingerprint density at radius 3 is 2.47 bits per heavy atom. The lowest BCUT2D eigenvalue weighted by atomic mass is 9.87.